The third-order valence-electron chi connectivity index (χ3n) is 8.26. The van der Waals surface area contributed by atoms with Gasteiger partial charge in [0, 0.05) is 34.6 Å². The van der Waals surface area contributed by atoms with E-state index in [9.17, 15) is 33.6 Å². The molecule has 2 aliphatic heterocycles. The smallest absolute Gasteiger partial charge is 0.338 e. The van der Waals surface area contributed by atoms with E-state index in [1.807, 2.05) is 0 Å². The fraction of sp³-hybridized carbons (Fsp3) is 0.474. The Labute approximate surface area is 357 Å². The van der Waals surface area contributed by atoms with Crippen molar-refractivity contribution in [2.45, 2.75) is 99.8 Å². The van der Waals surface area contributed by atoms with Crippen molar-refractivity contribution in [3.05, 3.63) is 71.8 Å². The monoisotopic (exact) mass is 903 g/mol. The number of rotatable bonds is 14. The molecular formula is C38H40Cl3NO18. The van der Waals surface area contributed by atoms with Gasteiger partial charge in [0.25, 0.3) is 3.79 Å². The van der Waals surface area contributed by atoms with Crippen LogP contribution in [0.4, 0.5) is 0 Å². The maximum Gasteiger partial charge on any atom is 0.338 e. The molecule has 2 aromatic rings. The van der Waals surface area contributed by atoms with Crippen LogP contribution in [0.25, 0.3) is 0 Å². The van der Waals surface area contributed by atoms with Crippen LogP contribution in [0.1, 0.15) is 55.3 Å². The van der Waals surface area contributed by atoms with Crippen molar-refractivity contribution in [3.8, 4) is 0 Å². The van der Waals surface area contributed by atoms with E-state index in [0.717, 1.165) is 34.6 Å². The molecule has 0 aliphatic carbocycles. The molecule has 0 amide bonds. The minimum absolute atomic E-state index is 0.0262. The molecular weight excluding hydrogens is 865 g/mol. The number of carbonyl (C=O) groups is 7. The minimum Gasteiger partial charge on any atom is -0.463 e. The first-order valence-electron chi connectivity index (χ1n) is 17.8. The molecule has 0 radical (unpaired) electrons. The second-order valence-electron chi connectivity index (χ2n) is 12.9. The van der Waals surface area contributed by atoms with Gasteiger partial charge >= 0.3 is 41.8 Å². The Morgan fingerprint density at radius 2 is 0.933 bits per heavy atom. The summed E-state index contributed by atoms with van der Waals surface area (Å²) in [5.41, 5.74) is 0.0878. The SMILES string of the molecule is CC(=O)OC[C@H]1O[C@H](O[C@H]2[C@@H](OC(C)=O)[C@@H](COC(=O)c3ccccc3)OC(OC(=N)C(Cl)(Cl)Cl)[C@@H]2OC(=O)c2ccccc2)[C@H](OC(C)=O)[C@@H](OC(C)=O)[C@H]1OC(C)=O. The molecule has 0 bridgehead atoms. The van der Waals surface area contributed by atoms with E-state index in [0.29, 0.717) is 0 Å². The topological polar surface area (TPSA) is 245 Å². The number of alkyl halides is 3. The van der Waals surface area contributed by atoms with Gasteiger partial charge in [-0.1, -0.05) is 71.2 Å². The molecule has 2 fully saturated rings. The van der Waals surface area contributed by atoms with Gasteiger partial charge in [-0.25, -0.2) is 9.59 Å². The lowest BCUT2D eigenvalue weighted by atomic mass is 9.95. The van der Waals surface area contributed by atoms with Gasteiger partial charge in [-0.2, -0.15) is 0 Å². The van der Waals surface area contributed by atoms with E-state index in [4.69, 9.17) is 92.3 Å². The zero-order chi connectivity index (χ0) is 44.3. The minimum atomic E-state index is -2.53. The van der Waals surface area contributed by atoms with Gasteiger partial charge in [-0.05, 0) is 24.3 Å². The molecule has 19 nitrogen and oxygen atoms in total. The van der Waals surface area contributed by atoms with Gasteiger partial charge in [-0.3, -0.25) is 29.4 Å². The number of hydrogen-bond acceptors (Lipinski definition) is 19. The van der Waals surface area contributed by atoms with E-state index in [1.165, 1.54) is 36.4 Å². The highest BCUT2D eigenvalue weighted by Crippen LogP contribution is 2.37. The van der Waals surface area contributed by atoms with Gasteiger partial charge < -0.3 is 52.1 Å². The van der Waals surface area contributed by atoms with E-state index >= 15 is 0 Å². The molecule has 0 saturated carbocycles. The number of halogens is 3. The lowest BCUT2D eigenvalue weighted by Gasteiger charge is -2.48. The number of ether oxygens (including phenoxy) is 11. The van der Waals surface area contributed by atoms with E-state index in [-0.39, 0.29) is 11.1 Å². The Hall–Kier alpha value is -5.05. The van der Waals surface area contributed by atoms with Crippen LogP contribution in [-0.4, -0.2) is 126 Å². The van der Waals surface area contributed by atoms with Crippen LogP contribution in [0.5, 0.6) is 0 Å². The van der Waals surface area contributed by atoms with E-state index < -0.39 is 126 Å². The van der Waals surface area contributed by atoms with Crippen LogP contribution in [0, 0.1) is 5.41 Å². The third-order valence-corrected chi connectivity index (χ3v) is 8.78. The number of esters is 7. The number of benzene rings is 2. The molecule has 2 heterocycles. The van der Waals surface area contributed by atoms with Crippen LogP contribution < -0.4 is 0 Å². The van der Waals surface area contributed by atoms with Crippen LogP contribution in [0.3, 0.4) is 0 Å². The average Bonchev–Trinajstić information content (AvgIpc) is 3.17. The predicted molar refractivity (Wildman–Crippen MR) is 203 cm³/mol. The summed E-state index contributed by atoms with van der Waals surface area (Å²) in [7, 11) is 0. The number of nitrogens with one attached hydrogen (secondary N) is 1. The van der Waals surface area contributed by atoms with Crippen LogP contribution in [-0.2, 0) is 76.1 Å². The lowest BCUT2D eigenvalue weighted by molar-refractivity contribution is -0.355. The summed E-state index contributed by atoms with van der Waals surface area (Å²) in [5.74, 6) is -7.61. The molecule has 2 saturated heterocycles. The van der Waals surface area contributed by atoms with Crippen LogP contribution >= 0.6 is 34.8 Å². The summed E-state index contributed by atoms with van der Waals surface area (Å²) in [6.07, 6.45) is -18.0. The number of hydrogen-bond donors (Lipinski definition) is 1. The fourth-order valence-corrected chi connectivity index (χ4v) is 6.07. The first kappa shape index (κ1) is 47.6. The molecule has 1 N–H and O–H groups in total. The Balaban J connectivity index is 1.91. The Morgan fingerprint density at radius 1 is 0.517 bits per heavy atom. The molecule has 0 spiro atoms. The maximum absolute atomic E-state index is 13.7. The summed E-state index contributed by atoms with van der Waals surface area (Å²) in [4.78, 5) is 89.1. The van der Waals surface area contributed by atoms with Crippen molar-refractivity contribution in [2.75, 3.05) is 13.2 Å². The lowest BCUT2D eigenvalue weighted by Crippen LogP contribution is -2.67. The summed E-state index contributed by atoms with van der Waals surface area (Å²) < 4.78 is 60.4. The van der Waals surface area contributed by atoms with E-state index in [1.54, 1.807) is 24.3 Å². The van der Waals surface area contributed by atoms with Gasteiger partial charge in [0.2, 0.25) is 12.2 Å². The summed E-state index contributed by atoms with van der Waals surface area (Å²) in [6.45, 7) is 3.69. The second kappa shape index (κ2) is 21.5. The zero-order valence-electron chi connectivity index (χ0n) is 32.4. The molecule has 2 aromatic carbocycles. The van der Waals surface area contributed by atoms with Gasteiger partial charge in [0.1, 0.15) is 31.5 Å². The van der Waals surface area contributed by atoms with Crippen molar-refractivity contribution < 1.29 is 85.7 Å². The van der Waals surface area contributed by atoms with Gasteiger partial charge in [-0.15, -0.1) is 0 Å². The first-order valence-corrected chi connectivity index (χ1v) is 19.0. The molecule has 60 heavy (non-hydrogen) atoms. The Bertz CT molecular complexity index is 1880. The van der Waals surface area contributed by atoms with Crippen molar-refractivity contribution in [3.63, 3.8) is 0 Å². The molecule has 1 unspecified atom stereocenters. The van der Waals surface area contributed by atoms with Gasteiger partial charge in [0.05, 0.1) is 11.1 Å². The number of carbonyl (C=O) groups excluding carboxylic acids is 7. The van der Waals surface area contributed by atoms with Crippen LogP contribution in [0.15, 0.2) is 60.7 Å². The van der Waals surface area contributed by atoms with Crippen molar-refractivity contribution >= 4 is 82.5 Å². The fourth-order valence-electron chi connectivity index (χ4n) is 5.94. The van der Waals surface area contributed by atoms with Crippen molar-refractivity contribution in [2.24, 2.45) is 0 Å². The highest BCUT2D eigenvalue weighted by atomic mass is 35.6. The normalized spacial score (nSPS) is 26.3. The summed E-state index contributed by atoms with van der Waals surface area (Å²) in [5, 5.41) is 8.37. The molecule has 326 valence electrons. The Morgan fingerprint density at radius 3 is 1.42 bits per heavy atom. The highest BCUT2D eigenvalue weighted by molar-refractivity contribution is 6.76. The zero-order valence-corrected chi connectivity index (χ0v) is 34.7. The molecule has 0 aromatic heterocycles. The average molecular weight is 905 g/mol. The van der Waals surface area contributed by atoms with Crippen molar-refractivity contribution in [1.82, 2.24) is 0 Å². The molecule has 4 rings (SSSR count). The quantitative estimate of drug-likeness (QED) is 0.0936. The first-order chi connectivity index (χ1) is 28.2. The van der Waals surface area contributed by atoms with Crippen LogP contribution in [0.2, 0.25) is 0 Å². The predicted octanol–water partition coefficient (Wildman–Crippen LogP) is 3.56. The van der Waals surface area contributed by atoms with Gasteiger partial charge in [0.15, 0.2) is 36.8 Å². The standard InChI is InChI=1S/C38H40Cl3NO18/c1-18(43)50-16-25-27(52-19(2)44)29(54-21(4)46)31(55-22(5)47)35(56-25)59-30-28(53-20(3)45)26(17-51-33(48)23-12-8-6-9-13-23)57-36(60-37(42)38(39,40)41)32(30)58-34(49)24-14-10-7-11-15-24/h6-15,25-32,35-36,42H,16-17H2,1-5H3/t25-,26-,27+,28+,29+,30+,31-,32-,35-,36?/m1/s1. The van der Waals surface area contributed by atoms with E-state index in [2.05, 4.69) is 0 Å². The van der Waals surface area contributed by atoms with Crippen molar-refractivity contribution in [1.29, 1.82) is 5.41 Å². The molecule has 10 atom stereocenters. The highest BCUT2D eigenvalue weighted by Gasteiger charge is 2.58. The second-order valence-corrected chi connectivity index (χ2v) is 15.2. The molecule has 2 aliphatic rings. The summed E-state index contributed by atoms with van der Waals surface area (Å²) >= 11 is 17.9. The molecule has 22 heteroatoms. The summed E-state index contributed by atoms with van der Waals surface area (Å²) in [6, 6.07) is 15.1. The largest absolute Gasteiger partial charge is 0.463 e. The third kappa shape index (κ3) is 13.5. The Kier molecular flexibility index (Phi) is 17.0. The maximum atomic E-state index is 13.7.